The summed E-state index contributed by atoms with van der Waals surface area (Å²) in [5.41, 5.74) is -0.222. The fourth-order valence-electron chi connectivity index (χ4n) is 0.667. The first-order valence-electron chi connectivity index (χ1n) is 4.08. The molecule has 0 spiro atoms. The zero-order valence-electron chi connectivity index (χ0n) is 8.43. The van der Waals surface area contributed by atoms with E-state index in [1.165, 1.54) is 6.92 Å². The number of hydrogen-bond donors (Lipinski definition) is 0. The molecule has 0 aromatic carbocycles. The molecular formula is C8H17O3Si. The highest BCUT2D eigenvalue weighted by atomic mass is 28.3. The molecule has 0 aliphatic heterocycles. The van der Waals surface area contributed by atoms with Crippen LogP contribution in [-0.4, -0.2) is 20.9 Å². The van der Waals surface area contributed by atoms with Crippen LogP contribution in [0.2, 0.25) is 6.04 Å². The van der Waals surface area contributed by atoms with E-state index in [0.717, 1.165) is 6.04 Å². The van der Waals surface area contributed by atoms with Gasteiger partial charge in [0.05, 0.1) is 5.60 Å². The van der Waals surface area contributed by atoms with E-state index in [1.54, 1.807) is 0 Å². The highest BCUT2D eigenvalue weighted by molar-refractivity contribution is 6.46. The van der Waals surface area contributed by atoms with Crippen molar-refractivity contribution in [3.05, 3.63) is 0 Å². The van der Waals surface area contributed by atoms with Gasteiger partial charge in [-0.05, 0) is 20.8 Å². The van der Waals surface area contributed by atoms with Crippen molar-refractivity contribution >= 4 is 15.3 Å². The molecule has 0 aromatic heterocycles. The smallest absolute Gasteiger partial charge is 0.459 e. The maximum absolute atomic E-state index is 10.6. The average Bonchev–Trinajstić information content (AvgIpc) is 1.82. The molecule has 71 valence electrons. The van der Waals surface area contributed by atoms with Crippen LogP contribution in [0.15, 0.2) is 0 Å². The Balaban J connectivity index is 3.92. The molecule has 0 rings (SSSR count). The molecule has 12 heavy (non-hydrogen) atoms. The lowest BCUT2D eigenvalue weighted by Crippen LogP contribution is -2.33. The summed E-state index contributed by atoms with van der Waals surface area (Å²) < 4.78 is 10.6. The Kier molecular flexibility index (Phi) is 4.48. The first kappa shape index (κ1) is 11.6. The Morgan fingerprint density at radius 2 is 1.92 bits per heavy atom. The number of rotatable bonds is 3. The van der Waals surface area contributed by atoms with Gasteiger partial charge in [-0.25, -0.2) is 0 Å². The van der Waals surface area contributed by atoms with Crippen molar-refractivity contribution in [3.8, 4) is 0 Å². The third-order valence-electron chi connectivity index (χ3n) is 0.966. The van der Waals surface area contributed by atoms with Crippen LogP contribution in [0.1, 0.15) is 34.6 Å². The highest BCUT2D eigenvalue weighted by Gasteiger charge is 2.24. The molecule has 0 atom stereocenters. The zero-order valence-corrected chi connectivity index (χ0v) is 9.43. The summed E-state index contributed by atoms with van der Waals surface area (Å²) in [7, 11) is -1.39. The van der Waals surface area contributed by atoms with Crippen LogP contribution in [0.4, 0.5) is 0 Å². The topological polar surface area (TPSA) is 35.5 Å². The SMILES string of the molecule is CC[Si](OC(C)=O)OC(C)(C)C. The molecule has 1 radical (unpaired) electrons. The normalized spacial score (nSPS) is 11.8. The second kappa shape index (κ2) is 4.62. The molecule has 0 aliphatic rings. The summed E-state index contributed by atoms with van der Waals surface area (Å²) in [5.74, 6) is -0.255. The monoisotopic (exact) mass is 189 g/mol. The van der Waals surface area contributed by atoms with Crippen LogP contribution >= 0.6 is 0 Å². The summed E-state index contributed by atoms with van der Waals surface area (Å²) in [5, 5.41) is 0. The summed E-state index contributed by atoms with van der Waals surface area (Å²) in [6.45, 7) is 9.24. The van der Waals surface area contributed by atoms with E-state index in [-0.39, 0.29) is 11.6 Å². The highest BCUT2D eigenvalue weighted by Crippen LogP contribution is 2.11. The van der Waals surface area contributed by atoms with Crippen molar-refractivity contribution in [2.45, 2.75) is 46.3 Å². The second-order valence-electron chi connectivity index (χ2n) is 3.53. The second-order valence-corrected chi connectivity index (χ2v) is 5.39. The van der Waals surface area contributed by atoms with Crippen LogP contribution in [0.25, 0.3) is 0 Å². The maximum Gasteiger partial charge on any atom is 0.459 e. The van der Waals surface area contributed by atoms with Gasteiger partial charge in [-0.2, -0.15) is 0 Å². The van der Waals surface area contributed by atoms with Gasteiger partial charge in [-0.15, -0.1) is 0 Å². The Bertz CT molecular complexity index is 151. The first-order valence-corrected chi connectivity index (χ1v) is 5.60. The van der Waals surface area contributed by atoms with Gasteiger partial charge in [0.2, 0.25) is 0 Å². The Morgan fingerprint density at radius 3 is 2.17 bits per heavy atom. The molecule has 0 saturated carbocycles. The van der Waals surface area contributed by atoms with E-state index in [2.05, 4.69) is 0 Å². The van der Waals surface area contributed by atoms with Crippen LogP contribution in [0.3, 0.4) is 0 Å². The van der Waals surface area contributed by atoms with Gasteiger partial charge in [0, 0.05) is 13.0 Å². The van der Waals surface area contributed by atoms with Crippen LogP contribution < -0.4 is 0 Å². The van der Waals surface area contributed by atoms with Crippen LogP contribution in [-0.2, 0) is 13.6 Å². The number of carbonyl (C=O) groups excluding carboxylic acids is 1. The van der Waals surface area contributed by atoms with E-state index in [0.29, 0.717) is 0 Å². The van der Waals surface area contributed by atoms with Crippen molar-refractivity contribution in [1.82, 2.24) is 0 Å². The lowest BCUT2D eigenvalue weighted by atomic mass is 10.2. The van der Waals surface area contributed by atoms with Crippen LogP contribution in [0.5, 0.6) is 0 Å². The minimum Gasteiger partial charge on any atom is -0.492 e. The third-order valence-corrected chi connectivity index (χ3v) is 2.90. The molecule has 4 heteroatoms. The van der Waals surface area contributed by atoms with Gasteiger partial charge in [-0.3, -0.25) is 4.79 Å². The molecule has 0 bridgehead atoms. The minimum absolute atomic E-state index is 0.222. The Hall–Kier alpha value is -0.353. The van der Waals surface area contributed by atoms with Crippen LogP contribution in [0, 0.1) is 0 Å². The molecule has 0 heterocycles. The van der Waals surface area contributed by atoms with Gasteiger partial charge < -0.3 is 8.85 Å². The van der Waals surface area contributed by atoms with Gasteiger partial charge >= 0.3 is 9.28 Å². The lowest BCUT2D eigenvalue weighted by molar-refractivity contribution is -0.134. The molecular weight excluding hydrogens is 172 g/mol. The minimum atomic E-state index is -1.39. The van der Waals surface area contributed by atoms with E-state index in [1.807, 2.05) is 27.7 Å². The summed E-state index contributed by atoms with van der Waals surface area (Å²) >= 11 is 0. The van der Waals surface area contributed by atoms with Gasteiger partial charge in [0.1, 0.15) is 0 Å². The molecule has 3 nitrogen and oxygen atoms in total. The molecule has 0 aromatic rings. The van der Waals surface area contributed by atoms with E-state index < -0.39 is 9.28 Å². The number of carbonyl (C=O) groups is 1. The van der Waals surface area contributed by atoms with Gasteiger partial charge in [0.15, 0.2) is 0 Å². The predicted molar refractivity (Wildman–Crippen MR) is 48.8 cm³/mol. The molecule has 0 N–H and O–H groups in total. The van der Waals surface area contributed by atoms with E-state index in [9.17, 15) is 4.79 Å². The fraction of sp³-hybridized carbons (Fsp3) is 0.875. The van der Waals surface area contributed by atoms with Crippen molar-refractivity contribution in [2.75, 3.05) is 0 Å². The van der Waals surface area contributed by atoms with Gasteiger partial charge in [-0.1, -0.05) is 6.92 Å². The predicted octanol–water partition coefficient (Wildman–Crippen LogP) is 1.87. The zero-order chi connectivity index (χ0) is 9.78. The first-order chi connectivity index (χ1) is 5.35. The Morgan fingerprint density at radius 1 is 1.42 bits per heavy atom. The van der Waals surface area contributed by atoms with E-state index in [4.69, 9.17) is 8.85 Å². The molecule has 0 fully saturated rings. The average molecular weight is 189 g/mol. The molecule has 0 aliphatic carbocycles. The lowest BCUT2D eigenvalue weighted by Gasteiger charge is -2.23. The third kappa shape index (κ3) is 6.36. The molecule has 0 amide bonds. The van der Waals surface area contributed by atoms with E-state index >= 15 is 0 Å². The number of hydrogen-bond acceptors (Lipinski definition) is 3. The Labute approximate surface area is 75.9 Å². The summed E-state index contributed by atoms with van der Waals surface area (Å²) in [6, 6.07) is 0.779. The van der Waals surface area contributed by atoms with Crippen molar-refractivity contribution in [3.63, 3.8) is 0 Å². The quantitative estimate of drug-likeness (QED) is 0.636. The maximum atomic E-state index is 10.6. The molecule has 0 unspecified atom stereocenters. The van der Waals surface area contributed by atoms with Gasteiger partial charge in [0.25, 0.3) is 5.97 Å². The summed E-state index contributed by atoms with van der Waals surface area (Å²) in [4.78, 5) is 10.6. The summed E-state index contributed by atoms with van der Waals surface area (Å²) in [6.07, 6.45) is 0. The standard InChI is InChI=1S/C8H17O3Si/c1-6-12(10-7(2)9)11-8(3,4)5/h6H2,1-5H3. The molecule has 0 saturated heterocycles. The largest absolute Gasteiger partial charge is 0.492 e. The fourth-order valence-corrected chi connectivity index (χ4v) is 2.00. The van der Waals surface area contributed by atoms with Crippen molar-refractivity contribution in [1.29, 1.82) is 0 Å². The van der Waals surface area contributed by atoms with Crippen molar-refractivity contribution in [2.24, 2.45) is 0 Å². The van der Waals surface area contributed by atoms with Crippen molar-refractivity contribution < 1.29 is 13.6 Å².